The van der Waals surface area contributed by atoms with E-state index in [0.717, 1.165) is 26.6 Å². The van der Waals surface area contributed by atoms with Crippen LogP contribution in [0, 0.1) is 6.92 Å². The SMILES string of the molecule is Cc1ccc(-c2nnn(CC(=O)Nc3ccccc3Sc3ccccc3)n2)cc1. The van der Waals surface area contributed by atoms with Crippen LogP contribution in [0.2, 0.25) is 0 Å². The summed E-state index contributed by atoms with van der Waals surface area (Å²) in [5, 5.41) is 15.3. The second kappa shape index (κ2) is 8.70. The molecule has 29 heavy (non-hydrogen) atoms. The molecule has 144 valence electrons. The summed E-state index contributed by atoms with van der Waals surface area (Å²) in [6.45, 7) is 2.01. The molecule has 1 heterocycles. The molecule has 7 heteroatoms. The molecule has 0 aliphatic heterocycles. The van der Waals surface area contributed by atoms with Crippen LogP contribution in [0.1, 0.15) is 5.56 Å². The number of amides is 1. The number of tetrazole rings is 1. The number of aryl methyl sites for hydroxylation is 1. The Kier molecular flexibility index (Phi) is 5.67. The van der Waals surface area contributed by atoms with Crippen molar-refractivity contribution >= 4 is 23.4 Å². The Morgan fingerprint density at radius 2 is 1.69 bits per heavy atom. The highest BCUT2D eigenvalue weighted by Crippen LogP contribution is 2.33. The predicted molar refractivity (Wildman–Crippen MR) is 114 cm³/mol. The maximum atomic E-state index is 12.5. The van der Waals surface area contributed by atoms with E-state index < -0.39 is 0 Å². The van der Waals surface area contributed by atoms with Crippen LogP contribution < -0.4 is 5.32 Å². The van der Waals surface area contributed by atoms with Crippen LogP contribution in [-0.2, 0) is 11.3 Å². The lowest BCUT2D eigenvalue weighted by Gasteiger charge is -2.10. The van der Waals surface area contributed by atoms with E-state index in [0.29, 0.717) is 5.82 Å². The molecule has 3 aromatic carbocycles. The van der Waals surface area contributed by atoms with Crippen molar-refractivity contribution in [1.82, 2.24) is 20.2 Å². The Morgan fingerprint density at radius 3 is 2.48 bits per heavy atom. The van der Waals surface area contributed by atoms with E-state index in [9.17, 15) is 4.79 Å². The van der Waals surface area contributed by atoms with E-state index in [-0.39, 0.29) is 12.5 Å². The average Bonchev–Trinajstić information content (AvgIpc) is 3.19. The molecule has 1 amide bonds. The lowest BCUT2D eigenvalue weighted by atomic mass is 10.1. The van der Waals surface area contributed by atoms with Crippen molar-refractivity contribution in [2.45, 2.75) is 23.3 Å². The van der Waals surface area contributed by atoms with Gasteiger partial charge in [-0.15, -0.1) is 10.2 Å². The van der Waals surface area contributed by atoms with Gasteiger partial charge in [0.1, 0.15) is 6.54 Å². The van der Waals surface area contributed by atoms with Crippen LogP contribution in [0.5, 0.6) is 0 Å². The van der Waals surface area contributed by atoms with Crippen molar-refractivity contribution in [1.29, 1.82) is 0 Å². The lowest BCUT2D eigenvalue weighted by molar-refractivity contribution is -0.117. The zero-order chi connectivity index (χ0) is 20.1. The first-order valence-corrected chi connectivity index (χ1v) is 9.96. The number of carbonyl (C=O) groups excluding carboxylic acids is 1. The second-order valence-corrected chi connectivity index (χ2v) is 7.58. The first kappa shape index (κ1) is 18.9. The van der Waals surface area contributed by atoms with Crippen LogP contribution in [0.4, 0.5) is 5.69 Å². The largest absolute Gasteiger partial charge is 0.323 e. The molecule has 4 rings (SSSR count). The highest BCUT2D eigenvalue weighted by Gasteiger charge is 2.12. The van der Waals surface area contributed by atoms with Gasteiger partial charge in [-0.3, -0.25) is 4.79 Å². The van der Waals surface area contributed by atoms with Crippen LogP contribution >= 0.6 is 11.8 Å². The topological polar surface area (TPSA) is 72.7 Å². The maximum absolute atomic E-state index is 12.5. The quantitative estimate of drug-likeness (QED) is 0.517. The number of nitrogens with one attached hydrogen (secondary N) is 1. The number of carbonyl (C=O) groups is 1. The fourth-order valence-corrected chi connectivity index (χ4v) is 3.64. The molecule has 0 unspecified atom stereocenters. The van der Waals surface area contributed by atoms with Gasteiger partial charge in [0, 0.05) is 15.4 Å². The van der Waals surface area contributed by atoms with Gasteiger partial charge in [-0.1, -0.05) is 71.9 Å². The smallest absolute Gasteiger partial charge is 0.248 e. The maximum Gasteiger partial charge on any atom is 0.248 e. The molecule has 0 atom stereocenters. The van der Waals surface area contributed by atoms with E-state index in [1.54, 1.807) is 11.8 Å². The third kappa shape index (κ3) is 4.89. The molecule has 0 saturated heterocycles. The standard InChI is InChI=1S/C22H19N5OS/c1-16-11-13-17(14-12-16)22-24-26-27(25-22)15-21(28)23-19-9-5-6-10-20(19)29-18-7-3-2-4-8-18/h2-14H,15H2,1H3,(H,23,28). The molecule has 4 aromatic rings. The Hall–Kier alpha value is -3.45. The molecule has 1 N–H and O–H groups in total. The first-order chi connectivity index (χ1) is 14.2. The number of nitrogens with zero attached hydrogens (tertiary/aromatic N) is 4. The van der Waals surface area contributed by atoms with Gasteiger partial charge < -0.3 is 5.32 Å². The van der Waals surface area contributed by atoms with E-state index >= 15 is 0 Å². The van der Waals surface area contributed by atoms with Gasteiger partial charge in [0.05, 0.1) is 5.69 Å². The van der Waals surface area contributed by atoms with Crippen molar-refractivity contribution in [3.8, 4) is 11.4 Å². The molecule has 1 aromatic heterocycles. The van der Waals surface area contributed by atoms with Crippen molar-refractivity contribution in [3.05, 3.63) is 84.4 Å². The molecule has 0 fully saturated rings. The van der Waals surface area contributed by atoms with Crippen LogP contribution in [0.3, 0.4) is 0 Å². The number of rotatable bonds is 6. The number of hydrogen-bond donors (Lipinski definition) is 1. The molecular formula is C22H19N5OS. The van der Waals surface area contributed by atoms with E-state index in [1.807, 2.05) is 85.8 Å². The lowest BCUT2D eigenvalue weighted by Crippen LogP contribution is -2.20. The summed E-state index contributed by atoms with van der Waals surface area (Å²) in [7, 11) is 0. The Morgan fingerprint density at radius 1 is 0.966 bits per heavy atom. The molecular weight excluding hydrogens is 382 g/mol. The molecule has 0 spiro atoms. The zero-order valence-corrected chi connectivity index (χ0v) is 16.6. The minimum absolute atomic E-state index is 0.0107. The van der Waals surface area contributed by atoms with Gasteiger partial charge in [-0.2, -0.15) is 4.80 Å². The van der Waals surface area contributed by atoms with Gasteiger partial charge in [0.15, 0.2) is 0 Å². The highest BCUT2D eigenvalue weighted by molar-refractivity contribution is 7.99. The van der Waals surface area contributed by atoms with E-state index in [2.05, 4.69) is 20.7 Å². The molecule has 0 bridgehead atoms. The summed E-state index contributed by atoms with van der Waals surface area (Å²) in [6, 6.07) is 25.6. The van der Waals surface area contributed by atoms with Gasteiger partial charge in [-0.05, 0) is 36.4 Å². The monoisotopic (exact) mass is 401 g/mol. The molecule has 0 aliphatic rings. The van der Waals surface area contributed by atoms with Crippen LogP contribution in [0.15, 0.2) is 88.7 Å². The Balaban J connectivity index is 1.43. The zero-order valence-electron chi connectivity index (χ0n) is 15.8. The summed E-state index contributed by atoms with van der Waals surface area (Å²) < 4.78 is 0. The predicted octanol–water partition coefficient (Wildman–Crippen LogP) is 4.44. The normalized spacial score (nSPS) is 10.7. The number of para-hydroxylation sites is 1. The molecule has 0 radical (unpaired) electrons. The second-order valence-electron chi connectivity index (χ2n) is 6.47. The van der Waals surface area contributed by atoms with E-state index in [1.165, 1.54) is 4.80 Å². The minimum atomic E-state index is -0.209. The Labute approximate surface area is 173 Å². The molecule has 0 saturated carbocycles. The summed E-state index contributed by atoms with van der Waals surface area (Å²) in [5.41, 5.74) is 2.78. The van der Waals surface area contributed by atoms with Crippen molar-refractivity contribution < 1.29 is 4.79 Å². The summed E-state index contributed by atoms with van der Waals surface area (Å²) >= 11 is 1.60. The fourth-order valence-electron chi connectivity index (χ4n) is 2.72. The van der Waals surface area contributed by atoms with Crippen molar-refractivity contribution in [2.75, 3.05) is 5.32 Å². The first-order valence-electron chi connectivity index (χ1n) is 9.14. The van der Waals surface area contributed by atoms with Gasteiger partial charge >= 0.3 is 0 Å². The summed E-state index contributed by atoms with van der Waals surface area (Å²) in [4.78, 5) is 15.9. The summed E-state index contributed by atoms with van der Waals surface area (Å²) in [6.07, 6.45) is 0. The van der Waals surface area contributed by atoms with Crippen molar-refractivity contribution in [3.63, 3.8) is 0 Å². The third-order valence-corrected chi connectivity index (χ3v) is 5.26. The molecule has 0 aliphatic carbocycles. The minimum Gasteiger partial charge on any atom is -0.323 e. The van der Waals surface area contributed by atoms with Crippen LogP contribution in [0.25, 0.3) is 11.4 Å². The Bertz CT molecular complexity index is 1110. The number of benzene rings is 3. The third-order valence-electron chi connectivity index (χ3n) is 4.18. The summed E-state index contributed by atoms with van der Waals surface area (Å²) in [5.74, 6) is 0.289. The average molecular weight is 401 g/mol. The number of hydrogen-bond acceptors (Lipinski definition) is 5. The molecule has 6 nitrogen and oxygen atoms in total. The number of aromatic nitrogens is 4. The van der Waals surface area contributed by atoms with Gasteiger partial charge in [0.25, 0.3) is 0 Å². The van der Waals surface area contributed by atoms with E-state index in [4.69, 9.17) is 0 Å². The number of anilines is 1. The van der Waals surface area contributed by atoms with Gasteiger partial charge in [0.2, 0.25) is 11.7 Å². The van der Waals surface area contributed by atoms with Crippen LogP contribution in [-0.4, -0.2) is 26.1 Å². The highest BCUT2D eigenvalue weighted by atomic mass is 32.2. The van der Waals surface area contributed by atoms with Gasteiger partial charge in [-0.25, -0.2) is 0 Å². The fraction of sp³-hybridized carbons (Fsp3) is 0.0909. The van der Waals surface area contributed by atoms with Crippen molar-refractivity contribution in [2.24, 2.45) is 0 Å².